The molecule has 2 aromatic carbocycles. The highest BCUT2D eigenvalue weighted by Gasteiger charge is 2.21. The molecule has 1 N–H and O–H groups in total. The lowest BCUT2D eigenvalue weighted by atomic mass is 10.0. The molecule has 0 aromatic heterocycles. The van der Waals surface area contributed by atoms with Gasteiger partial charge in [-0.05, 0) is 37.5 Å². The Morgan fingerprint density at radius 1 is 1.11 bits per heavy atom. The second-order valence-corrected chi connectivity index (χ2v) is 6.95. The lowest BCUT2D eigenvalue weighted by Gasteiger charge is -2.32. The molecule has 138 valence electrons. The first-order valence-corrected chi connectivity index (χ1v) is 9.21. The molecule has 0 saturated carbocycles. The average Bonchev–Trinajstić information content (AvgIpc) is 2.68. The molecule has 1 aliphatic heterocycles. The van der Waals surface area contributed by atoms with E-state index in [0.29, 0.717) is 6.54 Å². The monoisotopic (exact) mass is 357 g/mol. The summed E-state index contributed by atoms with van der Waals surface area (Å²) in [6.07, 6.45) is 3.99. The molecule has 3 nitrogen and oxygen atoms in total. The van der Waals surface area contributed by atoms with E-state index in [1.54, 1.807) is 0 Å². The minimum absolute atomic E-state index is 0.651. The first-order chi connectivity index (χ1) is 13.0. The Bertz CT molecular complexity index is 930. The fraction of sp³-hybridized carbons (Fsp3) is 0.208. The maximum atomic E-state index is 4.89. The maximum Gasteiger partial charge on any atom is 0.131 e. The molecule has 1 aliphatic rings. The van der Waals surface area contributed by atoms with E-state index in [4.69, 9.17) is 4.99 Å². The summed E-state index contributed by atoms with van der Waals surface area (Å²) in [4.78, 5) is 6.98. The first kappa shape index (κ1) is 18.7. The van der Waals surface area contributed by atoms with E-state index in [0.717, 1.165) is 22.9 Å². The molecule has 0 unspecified atom stereocenters. The Hall–Kier alpha value is -3.07. The van der Waals surface area contributed by atoms with Crippen molar-refractivity contribution in [2.45, 2.75) is 27.3 Å². The largest absolute Gasteiger partial charge is 0.341 e. The van der Waals surface area contributed by atoms with Gasteiger partial charge in [0, 0.05) is 18.7 Å². The molecule has 3 heteroatoms. The Kier molecular flexibility index (Phi) is 5.60. The molecule has 0 aliphatic carbocycles. The van der Waals surface area contributed by atoms with Crippen LogP contribution < -0.4 is 5.32 Å². The summed E-state index contributed by atoms with van der Waals surface area (Å²) in [6, 6.07) is 16.9. The Labute approximate surface area is 162 Å². The predicted molar refractivity (Wildman–Crippen MR) is 115 cm³/mol. The van der Waals surface area contributed by atoms with Crippen molar-refractivity contribution in [1.82, 2.24) is 10.2 Å². The number of aryl methyl sites for hydroxylation is 2. The van der Waals surface area contributed by atoms with Gasteiger partial charge < -0.3 is 10.2 Å². The second-order valence-electron chi connectivity index (χ2n) is 6.95. The van der Waals surface area contributed by atoms with Crippen LogP contribution in [0.1, 0.15) is 29.2 Å². The minimum atomic E-state index is 0.651. The molecule has 0 amide bonds. The van der Waals surface area contributed by atoms with Crippen LogP contribution in [-0.2, 0) is 6.54 Å². The molecule has 0 spiro atoms. The van der Waals surface area contributed by atoms with Crippen molar-refractivity contribution < 1.29 is 0 Å². The number of nitrogens with one attached hydrogen (secondary N) is 1. The topological polar surface area (TPSA) is 27.6 Å². The summed E-state index contributed by atoms with van der Waals surface area (Å²) in [5.41, 5.74) is 7.03. The van der Waals surface area contributed by atoms with Gasteiger partial charge >= 0.3 is 0 Å². The van der Waals surface area contributed by atoms with E-state index in [2.05, 4.69) is 92.2 Å². The van der Waals surface area contributed by atoms with Gasteiger partial charge in [0.1, 0.15) is 11.7 Å². The SMILES string of the molecule is C=C/C(C)=C1/NC(c2ccccc2C)=CC(=NCc2ccc(C)cc2)N1C. The number of hydrogen-bond donors (Lipinski definition) is 1. The van der Waals surface area contributed by atoms with Gasteiger partial charge in [-0.15, -0.1) is 0 Å². The van der Waals surface area contributed by atoms with Gasteiger partial charge in [0.15, 0.2) is 0 Å². The van der Waals surface area contributed by atoms with E-state index < -0.39 is 0 Å². The van der Waals surface area contributed by atoms with Crippen molar-refractivity contribution in [3.8, 4) is 0 Å². The molecule has 1 heterocycles. The number of amidine groups is 1. The van der Waals surface area contributed by atoms with Gasteiger partial charge in [-0.3, -0.25) is 4.99 Å². The molecule has 0 radical (unpaired) electrons. The lowest BCUT2D eigenvalue weighted by molar-refractivity contribution is 0.571. The van der Waals surface area contributed by atoms with E-state index in [9.17, 15) is 0 Å². The van der Waals surface area contributed by atoms with Gasteiger partial charge in [-0.2, -0.15) is 0 Å². The van der Waals surface area contributed by atoms with Crippen LogP contribution in [-0.4, -0.2) is 17.8 Å². The Balaban J connectivity index is 2.02. The van der Waals surface area contributed by atoms with Crippen molar-refractivity contribution in [2.75, 3.05) is 7.05 Å². The molecule has 2 aromatic rings. The van der Waals surface area contributed by atoms with E-state index >= 15 is 0 Å². The second kappa shape index (κ2) is 8.09. The summed E-state index contributed by atoms with van der Waals surface area (Å²) >= 11 is 0. The first-order valence-electron chi connectivity index (χ1n) is 9.21. The van der Waals surface area contributed by atoms with Crippen LogP contribution >= 0.6 is 0 Å². The van der Waals surface area contributed by atoms with Crippen LogP contribution in [0.15, 0.2) is 83.6 Å². The molecule has 27 heavy (non-hydrogen) atoms. The molecule has 0 atom stereocenters. The van der Waals surface area contributed by atoms with Crippen LogP contribution in [0, 0.1) is 13.8 Å². The number of allylic oxidation sites excluding steroid dienone is 2. The van der Waals surface area contributed by atoms with Gasteiger partial charge in [0.2, 0.25) is 0 Å². The number of aliphatic imine (C=N–C) groups is 1. The highest BCUT2D eigenvalue weighted by atomic mass is 15.3. The van der Waals surface area contributed by atoms with Crippen LogP contribution in [0.3, 0.4) is 0 Å². The summed E-state index contributed by atoms with van der Waals surface area (Å²) < 4.78 is 0. The van der Waals surface area contributed by atoms with Crippen LogP contribution in [0.4, 0.5) is 0 Å². The normalized spacial score (nSPS) is 17.4. The highest BCUT2D eigenvalue weighted by molar-refractivity contribution is 6.02. The summed E-state index contributed by atoms with van der Waals surface area (Å²) in [5.74, 6) is 1.94. The third-order valence-corrected chi connectivity index (χ3v) is 4.86. The Morgan fingerprint density at radius 2 is 1.81 bits per heavy atom. The zero-order valence-corrected chi connectivity index (χ0v) is 16.6. The van der Waals surface area contributed by atoms with Gasteiger partial charge in [0.25, 0.3) is 0 Å². The molecule has 0 bridgehead atoms. The van der Waals surface area contributed by atoms with E-state index in [-0.39, 0.29) is 0 Å². The lowest BCUT2D eigenvalue weighted by Crippen LogP contribution is -2.38. The fourth-order valence-corrected chi connectivity index (χ4v) is 3.09. The van der Waals surface area contributed by atoms with E-state index in [1.165, 1.54) is 22.3 Å². The van der Waals surface area contributed by atoms with Crippen molar-refractivity contribution in [1.29, 1.82) is 0 Å². The zero-order chi connectivity index (χ0) is 19.4. The average molecular weight is 358 g/mol. The predicted octanol–water partition coefficient (Wildman–Crippen LogP) is 5.20. The molecule has 0 fully saturated rings. The number of nitrogens with zero attached hydrogens (tertiary/aromatic N) is 2. The van der Waals surface area contributed by atoms with Crippen LogP contribution in [0.5, 0.6) is 0 Å². The van der Waals surface area contributed by atoms with Crippen molar-refractivity contribution >= 4 is 11.5 Å². The highest BCUT2D eigenvalue weighted by Crippen LogP contribution is 2.24. The fourth-order valence-electron chi connectivity index (χ4n) is 3.09. The summed E-state index contributed by atoms with van der Waals surface area (Å²) in [6.45, 7) is 10.9. The smallest absolute Gasteiger partial charge is 0.131 e. The van der Waals surface area contributed by atoms with Crippen molar-refractivity contribution in [2.24, 2.45) is 4.99 Å². The van der Waals surface area contributed by atoms with E-state index in [1.807, 2.05) is 13.1 Å². The van der Waals surface area contributed by atoms with Crippen molar-refractivity contribution in [3.05, 3.63) is 101 Å². The Morgan fingerprint density at radius 3 is 2.48 bits per heavy atom. The minimum Gasteiger partial charge on any atom is -0.341 e. The number of rotatable bonds is 4. The standard InChI is InChI=1S/C24H27N3/c1-6-18(3)24-26-22(21-10-8-7-9-19(21)4)15-23(27(24)5)25-16-20-13-11-17(2)12-14-20/h6-15,26H,1,16H2,2-5H3/b24-18-,25-23?. The zero-order valence-electron chi connectivity index (χ0n) is 16.6. The molecular weight excluding hydrogens is 330 g/mol. The van der Waals surface area contributed by atoms with Crippen LogP contribution in [0.25, 0.3) is 5.70 Å². The van der Waals surface area contributed by atoms with Crippen molar-refractivity contribution in [3.63, 3.8) is 0 Å². The number of hydrogen-bond acceptors (Lipinski definition) is 2. The number of benzene rings is 2. The third-order valence-electron chi connectivity index (χ3n) is 4.86. The summed E-state index contributed by atoms with van der Waals surface area (Å²) in [7, 11) is 2.04. The van der Waals surface area contributed by atoms with Crippen LogP contribution in [0.2, 0.25) is 0 Å². The quantitative estimate of drug-likeness (QED) is 0.815. The maximum absolute atomic E-state index is 4.89. The molecule has 0 saturated heterocycles. The van der Waals surface area contributed by atoms with Gasteiger partial charge in [-0.1, -0.05) is 66.7 Å². The molecule has 3 rings (SSSR count). The van der Waals surface area contributed by atoms with Gasteiger partial charge in [0.05, 0.1) is 12.2 Å². The molecular formula is C24H27N3. The summed E-state index contributed by atoms with van der Waals surface area (Å²) in [5, 5.41) is 3.56. The third kappa shape index (κ3) is 4.20. The number of likely N-dealkylation sites (N-methyl/N-ethyl adjacent to an activating group) is 1. The van der Waals surface area contributed by atoms with Gasteiger partial charge in [-0.25, -0.2) is 0 Å².